The van der Waals surface area contributed by atoms with Crippen LogP contribution < -0.4 is 4.74 Å². The molecule has 0 saturated carbocycles. The van der Waals surface area contributed by atoms with Gasteiger partial charge in [0.15, 0.2) is 11.5 Å². The SMILES string of the molecule is C=CCc1ccc(O)c(OC(=O)c2cc(C(C)(C)C)c(O)c(C(C)(C)C)c2)c1. The highest BCUT2D eigenvalue weighted by atomic mass is 16.5. The number of phenols is 2. The maximum Gasteiger partial charge on any atom is 0.343 e. The Morgan fingerprint density at radius 1 is 1.00 bits per heavy atom. The lowest BCUT2D eigenvalue weighted by atomic mass is 9.78. The Hall–Kier alpha value is -2.75. The van der Waals surface area contributed by atoms with Gasteiger partial charge in [-0.25, -0.2) is 4.79 Å². The van der Waals surface area contributed by atoms with Gasteiger partial charge < -0.3 is 14.9 Å². The van der Waals surface area contributed by atoms with Gasteiger partial charge in [0.25, 0.3) is 0 Å². The zero-order valence-corrected chi connectivity index (χ0v) is 17.6. The number of rotatable bonds is 4. The minimum absolute atomic E-state index is 0.104. The molecule has 28 heavy (non-hydrogen) atoms. The number of phenolic OH excluding ortho intramolecular Hbond substituents is 2. The van der Waals surface area contributed by atoms with Crippen molar-refractivity contribution in [1.29, 1.82) is 0 Å². The first-order valence-electron chi connectivity index (χ1n) is 9.37. The van der Waals surface area contributed by atoms with Crippen LogP contribution in [0.25, 0.3) is 0 Å². The standard InChI is InChI=1S/C24H30O4/c1-8-9-15-10-11-19(25)20(12-15)28-22(27)16-13-17(23(2,3)4)21(26)18(14-16)24(5,6)7/h8,10-14,25-26H,1,9H2,2-7H3. The molecule has 0 radical (unpaired) electrons. The number of benzene rings is 2. The van der Waals surface area contributed by atoms with E-state index >= 15 is 0 Å². The van der Waals surface area contributed by atoms with Gasteiger partial charge in [0.1, 0.15) is 5.75 Å². The van der Waals surface area contributed by atoms with Crippen molar-refractivity contribution >= 4 is 5.97 Å². The molecule has 4 heteroatoms. The molecule has 0 unspecified atom stereocenters. The Bertz CT molecular complexity index is 861. The lowest BCUT2D eigenvalue weighted by Gasteiger charge is -2.28. The molecule has 0 aliphatic rings. The van der Waals surface area contributed by atoms with Gasteiger partial charge >= 0.3 is 5.97 Å². The number of aromatic hydroxyl groups is 2. The molecule has 0 bridgehead atoms. The van der Waals surface area contributed by atoms with Gasteiger partial charge in [-0.2, -0.15) is 0 Å². The fourth-order valence-corrected chi connectivity index (χ4v) is 2.99. The summed E-state index contributed by atoms with van der Waals surface area (Å²) < 4.78 is 5.49. The van der Waals surface area contributed by atoms with Gasteiger partial charge in [-0.15, -0.1) is 6.58 Å². The van der Waals surface area contributed by atoms with Crippen LogP contribution in [0, 0.1) is 0 Å². The predicted octanol–water partition coefficient (Wildman–Crippen LogP) is 5.64. The third-order valence-electron chi connectivity index (χ3n) is 4.57. The van der Waals surface area contributed by atoms with E-state index in [1.807, 2.05) is 41.5 Å². The lowest BCUT2D eigenvalue weighted by molar-refractivity contribution is 0.0729. The van der Waals surface area contributed by atoms with Crippen molar-refractivity contribution in [3.05, 3.63) is 65.2 Å². The molecule has 0 amide bonds. The van der Waals surface area contributed by atoms with E-state index in [4.69, 9.17) is 4.74 Å². The number of hydrogen-bond donors (Lipinski definition) is 2. The molecule has 0 saturated heterocycles. The number of carbonyl (C=O) groups excluding carboxylic acids is 1. The fraction of sp³-hybridized carbons (Fsp3) is 0.375. The third kappa shape index (κ3) is 4.75. The summed E-state index contributed by atoms with van der Waals surface area (Å²) in [5.74, 6) is -0.381. The van der Waals surface area contributed by atoms with Crippen molar-refractivity contribution in [3.63, 3.8) is 0 Å². The highest BCUT2D eigenvalue weighted by molar-refractivity contribution is 5.92. The molecule has 150 valence electrons. The van der Waals surface area contributed by atoms with Crippen molar-refractivity contribution in [3.8, 4) is 17.2 Å². The van der Waals surface area contributed by atoms with Crippen LogP contribution in [0.4, 0.5) is 0 Å². The molecule has 0 aliphatic heterocycles. The Labute approximate surface area is 167 Å². The molecule has 0 heterocycles. The van der Waals surface area contributed by atoms with E-state index < -0.39 is 5.97 Å². The van der Waals surface area contributed by atoms with E-state index in [1.54, 1.807) is 30.3 Å². The summed E-state index contributed by atoms with van der Waals surface area (Å²) in [6.07, 6.45) is 2.34. The molecule has 4 nitrogen and oxygen atoms in total. The van der Waals surface area contributed by atoms with E-state index in [1.165, 1.54) is 6.07 Å². The highest BCUT2D eigenvalue weighted by Crippen LogP contribution is 2.40. The Balaban J connectivity index is 2.51. The number of carbonyl (C=O) groups is 1. The monoisotopic (exact) mass is 382 g/mol. The average Bonchev–Trinajstić information content (AvgIpc) is 2.56. The largest absolute Gasteiger partial charge is 0.507 e. The normalized spacial score (nSPS) is 11.9. The molecule has 2 aromatic carbocycles. The molecule has 2 aromatic rings. The van der Waals surface area contributed by atoms with Gasteiger partial charge in [0, 0.05) is 11.1 Å². The second-order valence-corrected chi connectivity index (χ2v) is 9.10. The van der Waals surface area contributed by atoms with E-state index in [9.17, 15) is 15.0 Å². The molecule has 0 atom stereocenters. The van der Waals surface area contributed by atoms with Crippen LogP contribution in [-0.4, -0.2) is 16.2 Å². The van der Waals surface area contributed by atoms with Crippen LogP contribution in [0.15, 0.2) is 43.0 Å². The van der Waals surface area contributed by atoms with Crippen molar-refractivity contribution in [2.45, 2.75) is 58.8 Å². The quantitative estimate of drug-likeness (QED) is 0.408. The van der Waals surface area contributed by atoms with Crippen molar-refractivity contribution in [1.82, 2.24) is 0 Å². The lowest BCUT2D eigenvalue weighted by Crippen LogP contribution is -2.20. The smallest absolute Gasteiger partial charge is 0.343 e. The van der Waals surface area contributed by atoms with Gasteiger partial charge in [0.05, 0.1) is 5.56 Å². The van der Waals surface area contributed by atoms with Crippen LogP contribution >= 0.6 is 0 Å². The second-order valence-electron chi connectivity index (χ2n) is 9.10. The molecule has 0 aromatic heterocycles. The van der Waals surface area contributed by atoms with Crippen LogP contribution in [0.3, 0.4) is 0 Å². The Morgan fingerprint density at radius 3 is 2.00 bits per heavy atom. The molecule has 0 spiro atoms. The summed E-state index contributed by atoms with van der Waals surface area (Å²) >= 11 is 0. The summed E-state index contributed by atoms with van der Waals surface area (Å²) in [6.45, 7) is 15.6. The van der Waals surface area contributed by atoms with Crippen molar-refractivity contribution in [2.75, 3.05) is 0 Å². The summed E-state index contributed by atoms with van der Waals surface area (Å²) in [5.41, 5.74) is 1.86. The zero-order valence-electron chi connectivity index (χ0n) is 17.6. The van der Waals surface area contributed by atoms with Crippen molar-refractivity contribution in [2.24, 2.45) is 0 Å². The van der Waals surface area contributed by atoms with Crippen LogP contribution in [0.2, 0.25) is 0 Å². The van der Waals surface area contributed by atoms with E-state index in [2.05, 4.69) is 6.58 Å². The maximum absolute atomic E-state index is 12.9. The maximum atomic E-state index is 12.9. The fourth-order valence-electron chi connectivity index (χ4n) is 2.99. The first-order chi connectivity index (χ1) is 12.8. The van der Waals surface area contributed by atoms with E-state index in [0.717, 1.165) is 5.56 Å². The van der Waals surface area contributed by atoms with Crippen molar-refractivity contribution < 1.29 is 19.7 Å². The van der Waals surface area contributed by atoms with Gasteiger partial charge in [-0.1, -0.05) is 53.7 Å². The minimum Gasteiger partial charge on any atom is -0.507 e. The molecule has 0 aliphatic carbocycles. The Morgan fingerprint density at radius 2 is 1.54 bits per heavy atom. The first kappa shape index (κ1) is 21.5. The summed E-state index contributed by atoms with van der Waals surface area (Å²) in [6, 6.07) is 8.21. The highest BCUT2D eigenvalue weighted by Gasteiger charge is 2.28. The van der Waals surface area contributed by atoms with Crippen LogP contribution in [0.1, 0.15) is 68.6 Å². The third-order valence-corrected chi connectivity index (χ3v) is 4.57. The topological polar surface area (TPSA) is 66.8 Å². The van der Waals surface area contributed by atoms with Gasteiger partial charge in [-0.3, -0.25) is 0 Å². The molecular weight excluding hydrogens is 352 g/mol. The zero-order chi connectivity index (χ0) is 21.3. The molecule has 0 fully saturated rings. The minimum atomic E-state index is -0.581. The van der Waals surface area contributed by atoms with Crippen LogP contribution in [0.5, 0.6) is 17.2 Å². The summed E-state index contributed by atoms with van der Waals surface area (Å²) in [5, 5.41) is 20.9. The number of allylic oxidation sites excluding steroid dienone is 1. The number of esters is 1. The second kappa shape index (κ2) is 7.70. The van der Waals surface area contributed by atoms with Crippen LogP contribution in [-0.2, 0) is 17.3 Å². The van der Waals surface area contributed by atoms with Gasteiger partial charge in [-0.05, 0) is 47.1 Å². The molecule has 2 N–H and O–H groups in total. The number of hydrogen-bond acceptors (Lipinski definition) is 4. The first-order valence-corrected chi connectivity index (χ1v) is 9.37. The van der Waals surface area contributed by atoms with Gasteiger partial charge in [0.2, 0.25) is 0 Å². The average molecular weight is 383 g/mol. The van der Waals surface area contributed by atoms with E-state index in [0.29, 0.717) is 23.1 Å². The summed E-state index contributed by atoms with van der Waals surface area (Å²) in [4.78, 5) is 12.9. The van der Waals surface area contributed by atoms with E-state index in [-0.39, 0.29) is 28.1 Å². The Kier molecular flexibility index (Phi) is 5.93. The predicted molar refractivity (Wildman–Crippen MR) is 112 cm³/mol. The summed E-state index contributed by atoms with van der Waals surface area (Å²) in [7, 11) is 0. The molecule has 2 rings (SSSR count). The molecular formula is C24H30O4. The number of ether oxygens (including phenoxy) is 1.